The Morgan fingerprint density at radius 2 is 1.70 bits per heavy atom. The molecule has 3 nitrogen and oxygen atoms in total. The Labute approximate surface area is 121 Å². The number of para-hydroxylation sites is 1. The molecule has 1 aliphatic carbocycles. The molecule has 2 rings (SSSR count). The molecule has 1 N–H and O–H groups in total. The Kier molecular flexibility index (Phi) is 5.45. The number of nitrogens with one attached hydrogen (secondary N) is 1. The van der Waals surface area contributed by atoms with Crippen molar-refractivity contribution in [3.63, 3.8) is 0 Å². The Bertz CT molecular complexity index is 408. The lowest BCUT2D eigenvalue weighted by atomic mass is 9.83. The molecule has 0 radical (unpaired) electrons. The molecule has 110 valence electrons. The van der Waals surface area contributed by atoms with Crippen LogP contribution in [0.1, 0.15) is 51.9 Å². The first kappa shape index (κ1) is 14.9. The number of carbonyl (C=O) groups is 1. The number of esters is 1. The third-order valence-electron chi connectivity index (χ3n) is 4.03. The molecular formula is C17H25NO2. The fraction of sp³-hybridized carbons (Fsp3) is 0.588. The molecule has 1 aromatic carbocycles. The summed E-state index contributed by atoms with van der Waals surface area (Å²) in [4.78, 5) is 12.5. The van der Waals surface area contributed by atoms with Gasteiger partial charge in [-0.05, 0) is 31.9 Å². The number of anilines is 1. The van der Waals surface area contributed by atoms with Gasteiger partial charge in [0.2, 0.25) is 0 Å². The van der Waals surface area contributed by atoms with E-state index < -0.39 is 5.54 Å². The zero-order chi connectivity index (χ0) is 14.3. The quantitative estimate of drug-likeness (QED) is 0.839. The summed E-state index contributed by atoms with van der Waals surface area (Å²) in [6.07, 6.45) is 7.58. The van der Waals surface area contributed by atoms with Crippen LogP contribution in [0.4, 0.5) is 5.69 Å². The highest BCUT2D eigenvalue weighted by atomic mass is 16.5. The highest BCUT2D eigenvalue weighted by molar-refractivity contribution is 5.84. The van der Waals surface area contributed by atoms with Crippen LogP contribution in [0.5, 0.6) is 0 Å². The number of benzene rings is 1. The lowest BCUT2D eigenvalue weighted by Gasteiger charge is -2.35. The molecule has 1 saturated carbocycles. The number of hydrogen-bond donors (Lipinski definition) is 1. The SMILES string of the molecule is CCOC(=O)C1(Nc2ccccc2)CCCCCCC1. The summed E-state index contributed by atoms with van der Waals surface area (Å²) in [5.41, 5.74) is 0.457. The molecule has 1 aliphatic rings. The van der Waals surface area contributed by atoms with E-state index in [1.807, 2.05) is 37.3 Å². The summed E-state index contributed by atoms with van der Waals surface area (Å²) in [7, 11) is 0. The zero-order valence-corrected chi connectivity index (χ0v) is 12.4. The Morgan fingerprint density at radius 3 is 2.30 bits per heavy atom. The van der Waals surface area contributed by atoms with Crippen molar-refractivity contribution in [1.82, 2.24) is 0 Å². The predicted octanol–water partition coefficient (Wildman–Crippen LogP) is 4.14. The van der Waals surface area contributed by atoms with Crippen LogP contribution in [0.15, 0.2) is 30.3 Å². The molecule has 0 atom stereocenters. The number of carbonyl (C=O) groups excluding carboxylic acids is 1. The topological polar surface area (TPSA) is 38.3 Å². The van der Waals surface area contributed by atoms with Gasteiger partial charge >= 0.3 is 5.97 Å². The minimum Gasteiger partial charge on any atom is -0.464 e. The van der Waals surface area contributed by atoms with Crippen LogP contribution in [0.3, 0.4) is 0 Å². The molecule has 1 aromatic rings. The second-order valence-corrected chi connectivity index (χ2v) is 5.56. The van der Waals surface area contributed by atoms with Crippen LogP contribution in [-0.4, -0.2) is 18.1 Å². The zero-order valence-electron chi connectivity index (χ0n) is 12.4. The van der Waals surface area contributed by atoms with Crippen molar-refractivity contribution in [2.24, 2.45) is 0 Å². The molecule has 0 saturated heterocycles. The molecule has 20 heavy (non-hydrogen) atoms. The van der Waals surface area contributed by atoms with Crippen LogP contribution in [-0.2, 0) is 9.53 Å². The van der Waals surface area contributed by atoms with Crippen molar-refractivity contribution in [2.45, 2.75) is 57.4 Å². The van der Waals surface area contributed by atoms with Crippen LogP contribution >= 0.6 is 0 Å². The van der Waals surface area contributed by atoms with Gasteiger partial charge in [0.1, 0.15) is 5.54 Å². The van der Waals surface area contributed by atoms with Crippen molar-refractivity contribution in [3.8, 4) is 0 Å². The Balaban J connectivity index is 2.19. The Morgan fingerprint density at radius 1 is 1.10 bits per heavy atom. The van der Waals surface area contributed by atoms with E-state index >= 15 is 0 Å². The second-order valence-electron chi connectivity index (χ2n) is 5.56. The van der Waals surface area contributed by atoms with E-state index in [4.69, 9.17) is 4.74 Å². The van der Waals surface area contributed by atoms with Crippen LogP contribution in [0.2, 0.25) is 0 Å². The van der Waals surface area contributed by atoms with Gasteiger partial charge in [-0.25, -0.2) is 4.79 Å². The van der Waals surface area contributed by atoms with Crippen LogP contribution < -0.4 is 5.32 Å². The maximum absolute atomic E-state index is 12.5. The summed E-state index contributed by atoms with van der Waals surface area (Å²) in [5.74, 6) is -0.0919. The van der Waals surface area contributed by atoms with Gasteiger partial charge in [-0.3, -0.25) is 0 Å². The van der Waals surface area contributed by atoms with Gasteiger partial charge in [-0.1, -0.05) is 50.3 Å². The van der Waals surface area contributed by atoms with Gasteiger partial charge in [0, 0.05) is 5.69 Å². The van der Waals surface area contributed by atoms with Gasteiger partial charge in [0.05, 0.1) is 6.61 Å². The standard InChI is InChI=1S/C17H25NO2/c1-2-20-16(19)17(13-9-4-3-5-10-14-17)18-15-11-7-6-8-12-15/h6-8,11-12,18H,2-5,9-10,13-14H2,1H3. The summed E-state index contributed by atoms with van der Waals surface area (Å²) >= 11 is 0. The number of ether oxygens (including phenoxy) is 1. The van der Waals surface area contributed by atoms with Crippen molar-refractivity contribution < 1.29 is 9.53 Å². The van der Waals surface area contributed by atoms with Crippen LogP contribution in [0, 0.1) is 0 Å². The molecule has 0 bridgehead atoms. The minimum absolute atomic E-state index is 0.0919. The van der Waals surface area contributed by atoms with E-state index in [0.717, 1.165) is 31.4 Å². The maximum atomic E-state index is 12.5. The van der Waals surface area contributed by atoms with Crippen molar-refractivity contribution in [3.05, 3.63) is 30.3 Å². The molecule has 3 heteroatoms. The molecule has 0 spiro atoms. The maximum Gasteiger partial charge on any atom is 0.331 e. The normalized spacial score (nSPS) is 18.6. The summed E-state index contributed by atoms with van der Waals surface area (Å²) in [6, 6.07) is 9.99. The smallest absolute Gasteiger partial charge is 0.331 e. The first-order chi connectivity index (χ1) is 9.77. The first-order valence-electron chi connectivity index (χ1n) is 7.77. The molecule has 0 unspecified atom stereocenters. The van der Waals surface area contributed by atoms with Gasteiger partial charge in [0.25, 0.3) is 0 Å². The van der Waals surface area contributed by atoms with Gasteiger partial charge < -0.3 is 10.1 Å². The lowest BCUT2D eigenvalue weighted by Crippen LogP contribution is -2.48. The van der Waals surface area contributed by atoms with E-state index in [0.29, 0.717) is 6.61 Å². The van der Waals surface area contributed by atoms with Crippen molar-refractivity contribution in [1.29, 1.82) is 0 Å². The first-order valence-corrected chi connectivity index (χ1v) is 7.77. The van der Waals surface area contributed by atoms with E-state index in [1.165, 1.54) is 19.3 Å². The lowest BCUT2D eigenvalue weighted by molar-refractivity contribution is -0.149. The summed E-state index contributed by atoms with van der Waals surface area (Å²) in [6.45, 7) is 2.31. The molecule has 0 heterocycles. The average molecular weight is 275 g/mol. The summed E-state index contributed by atoms with van der Waals surface area (Å²) in [5, 5.41) is 3.47. The fourth-order valence-electron chi connectivity index (χ4n) is 2.96. The van der Waals surface area contributed by atoms with E-state index in [-0.39, 0.29) is 5.97 Å². The van der Waals surface area contributed by atoms with Gasteiger partial charge in [-0.2, -0.15) is 0 Å². The largest absolute Gasteiger partial charge is 0.464 e. The molecule has 0 aliphatic heterocycles. The number of hydrogen-bond acceptors (Lipinski definition) is 3. The highest BCUT2D eigenvalue weighted by Gasteiger charge is 2.39. The predicted molar refractivity (Wildman–Crippen MR) is 81.7 cm³/mol. The highest BCUT2D eigenvalue weighted by Crippen LogP contribution is 2.31. The molecule has 1 fully saturated rings. The van der Waals surface area contributed by atoms with Gasteiger partial charge in [0.15, 0.2) is 0 Å². The molecule has 0 amide bonds. The Hall–Kier alpha value is -1.51. The minimum atomic E-state index is -0.544. The fourth-order valence-corrected chi connectivity index (χ4v) is 2.96. The third kappa shape index (κ3) is 3.75. The van der Waals surface area contributed by atoms with Crippen LogP contribution in [0.25, 0.3) is 0 Å². The van der Waals surface area contributed by atoms with Crippen molar-refractivity contribution in [2.75, 3.05) is 11.9 Å². The van der Waals surface area contributed by atoms with E-state index in [9.17, 15) is 4.79 Å². The van der Waals surface area contributed by atoms with Gasteiger partial charge in [-0.15, -0.1) is 0 Å². The monoisotopic (exact) mass is 275 g/mol. The number of rotatable bonds is 4. The average Bonchev–Trinajstić information content (AvgIpc) is 2.43. The van der Waals surface area contributed by atoms with Crippen molar-refractivity contribution >= 4 is 11.7 Å². The summed E-state index contributed by atoms with van der Waals surface area (Å²) < 4.78 is 5.35. The third-order valence-corrected chi connectivity index (χ3v) is 4.03. The second kappa shape index (κ2) is 7.32. The molecule has 0 aromatic heterocycles. The van der Waals surface area contributed by atoms with E-state index in [1.54, 1.807) is 0 Å². The van der Waals surface area contributed by atoms with E-state index in [2.05, 4.69) is 5.32 Å². The molecular weight excluding hydrogens is 250 g/mol.